The second-order valence-corrected chi connectivity index (χ2v) is 1.90. The Morgan fingerprint density at radius 1 is 1.58 bits per heavy atom. The van der Waals surface area contributed by atoms with E-state index in [1.807, 2.05) is 0 Å². The summed E-state index contributed by atoms with van der Waals surface area (Å²) in [6, 6.07) is 2.66. The summed E-state index contributed by atoms with van der Waals surface area (Å²) in [7, 11) is 0. The predicted octanol–water partition coefficient (Wildman–Crippen LogP) is 1.01. The maximum Gasteiger partial charge on any atom is 0.354 e. The number of aromatic carboxylic acids is 1. The number of pyridine rings is 1. The van der Waals surface area contributed by atoms with Crippen molar-refractivity contribution in [3.8, 4) is 0 Å². The van der Waals surface area contributed by atoms with E-state index in [4.69, 9.17) is 5.11 Å². The number of carboxylic acid groups (broad SMARTS) is 1. The fourth-order valence-corrected chi connectivity index (χ4v) is 0.637. The van der Waals surface area contributed by atoms with Crippen LogP contribution in [0.5, 0.6) is 0 Å². The maximum atomic E-state index is 10.3. The third-order valence-electron chi connectivity index (χ3n) is 1.14. The Hall–Kier alpha value is -1.42. The fraction of sp³-hybridized carbons (Fsp3) is 0. The summed E-state index contributed by atoms with van der Waals surface area (Å²) >= 11 is 0. The molecule has 0 aliphatic carbocycles. The molecule has 12 heavy (non-hydrogen) atoms. The largest absolute Gasteiger partial charge is 0.477 e. The van der Waals surface area contributed by atoms with Crippen molar-refractivity contribution in [3.05, 3.63) is 29.6 Å². The summed E-state index contributed by atoms with van der Waals surface area (Å²) in [6.45, 7) is 0. The van der Waals surface area contributed by atoms with E-state index in [1.165, 1.54) is 18.3 Å². The van der Waals surface area contributed by atoms with Crippen molar-refractivity contribution in [3.63, 3.8) is 0 Å². The highest BCUT2D eigenvalue weighted by atomic mass is 35.5. The van der Waals surface area contributed by atoms with Crippen molar-refractivity contribution in [2.45, 2.75) is 0 Å². The van der Waals surface area contributed by atoms with Gasteiger partial charge in [0, 0.05) is 11.8 Å². The van der Waals surface area contributed by atoms with Gasteiger partial charge in [0.15, 0.2) is 0 Å². The molecule has 0 bridgehead atoms. The van der Waals surface area contributed by atoms with Gasteiger partial charge in [0.25, 0.3) is 0 Å². The number of rotatable bonds is 2. The molecule has 0 amide bonds. The Labute approximate surface area is 74.7 Å². The van der Waals surface area contributed by atoms with Crippen LogP contribution >= 0.6 is 12.4 Å². The third-order valence-corrected chi connectivity index (χ3v) is 1.14. The van der Waals surface area contributed by atoms with Crippen molar-refractivity contribution in [2.75, 3.05) is 0 Å². The summed E-state index contributed by atoms with van der Waals surface area (Å²) in [4.78, 5) is 24.0. The second-order valence-electron chi connectivity index (χ2n) is 1.90. The molecule has 0 radical (unpaired) electrons. The molecular formula is C7H6ClNO3. The van der Waals surface area contributed by atoms with Crippen molar-refractivity contribution in [2.24, 2.45) is 0 Å². The average molecular weight is 188 g/mol. The van der Waals surface area contributed by atoms with Gasteiger partial charge in [0.1, 0.15) is 12.0 Å². The van der Waals surface area contributed by atoms with Crippen molar-refractivity contribution >= 4 is 24.7 Å². The summed E-state index contributed by atoms with van der Waals surface area (Å²) in [5.41, 5.74) is 0.201. The molecule has 5 heteroatoms. The number of carbonyl (C=O) groups is 2. The predicted molar refractivity (Wildman–Crippen MR) is 43.8 cm³/mol. The SMILES string of the molecule is Cl.O=Cc1ccnc(C(=O)O)c1. The molecule has 0 atom stereocenters. The van der Waals surface area contributed by atoms with E-state index in [0.29, 0.717) is 11.8 Å². The molecular weight excluding hydrogens is 182 g/mol. The normalized spacial score (nSPS) is 8.33. The quantitative estimate of drug-likeness (QED) is 0.702. The van der Waals surface area contributed by atoms with E-state index >= 15 is 0 Å². The Morgan fingerprint density at radius 2 is 2.25 bits per heavy atom. The van der Waals surface area contributed by atoms with Crippen molar-refractivity contribution in [1.82, 2.24) is 4.98 Å². The first-order valence-electron chi connectivity index (χ1n) is 2.88. The smallest absolute Gasteiger partial charge is 0.354 e. The lowest BCUT2D eigenvalue weighted by atomic mass is 10.2. The lowest BCUT2D eigenvalue weighted by Crippen LogP contribution is -2.00. The summed E-state index contributed by atoms with van der Waals surface area (Å²) in [5, 5.41) is 8.43. The molecule has 0 aliphatic rings. The number of carboxylic acids is 1. The molecule has 0 aliphatic heterocycles. The highest BCUT2D eigenvalue weighted by molar-refractivity contribution is 5.87. The minimum Gasteiger partial charge on any atom is -0.477 e. The minimum absolute atomic E-state index is 0. The van der Waals surface area contributed by atoms with Crippen LogP contribution in [-0.2, 0) is 0 Å². The Morgan fingerprint density at radius 3 is 2.75 bits per heavy atom. The van der Waals surface area contributed by atoms with Crippen molar-refractivity contribution in [1.29, 1.82) is 0 Å². The lowest BCUT2D eigenvalue weighted by Gasteiger charge is -1.92. The van der Waals surface area contributed by atoms with Gasteiger partial charge in [-0.3, -0.25) is 4.79 Å². The number of aldehydes is 1. The van der Waals surface area contributed by atoms with E-state index in [2.05, 4.69) is 4.98 Å². The molecule has 1 N–H and O–H groups in total. The second kappa shape index (κ2) is 4.46. The highest BCUT2D eigenvalue weighted by Gasteiger charge is 2.03. The molecule has 1 aromatic heterocycles. The Bertz CT molecular complexity index is 300. The lowest BCUT2D eigenvalue weighted by molar-refractivity contribution is 0.0690. The van der Waals surface area contributed by atoms with E-state index in [0.717, 1.165) is 0 Å². The molecule has 1 aromatic rings. The molecule has 1 rings (SSSR count). The zero-order valence-corrected chi connectivity index (χ0v) is 6.75. The number of aromatic nitrogens is 1. The van der Waals surface area contributed by atoms with E-state index in [9.17, 15) is 9.59 Å². The fourth-order valence-electron chi connectivity index (χ4n) is 0.637. The first-order valence-corrected chi connectivity index (χ1v) is 2.88. The molecule has 4 nitrogen and oxygen atoms in total. The standard InChI is InChI=1S/C7H5NO3.ClH/c9-4-5-1-2-8-6(3-5)7(10)11;/h1-4H,(H,10,11);1H. The van der Waals surface area contributed by atoms with Crippen molar-refractivity contribution < 1.29 is 14.7 Å². The molecule has 0 unspecified atom stereocenters. The zero-order chi connectivity index (χ0) is 8.27. The van der Waals surface area contributed by atoms with Gasteiger partial charge in [0.2, 0.25) is 0 Å². The first-order chi connectivity index (χ1) is 5.24. The summed E-state index contributed by atoms with van der Waals surface area (Å²) in [5.74, 6) is -1.13. The van der Waals surface area contributed by atoms with Gasteiger partial charge in [-0.2, -0.15) is 0 Å². The van der Waals surface area contributed by atoms with Gasteiger partial charge in [-0.15, -0.1) is 12.4 Å². The van der Waals surface area contributed by atoms with Crippen LogP contribution in [0.25, 0.3) is 0 Å². The molecule has 0 saturated carbocycles. The van der Waals surface area contributed by atoms with Gasteiger partial charge >= 0.3 is 5.97 Å². The maximum absolute atomic E-state index is 10.3. The van der Waals surface area contributed by atoms with Gasteiger partial charge < -0.3 is 5.11 Å². The van der Waals surface area contributed by atoms with Crippen LogP contribution in [0, 0.1) is 0 Å². The van der Waals surface area contributed by atoms with Crippen LogP contribution < -0.4 is 0 Å². The summed E-state index contributed by atoms with van der Waals surface area (Å²) in [6.07, 6.45) is 1.86. The number of carbonyl (C=O) groups excluding carboxylic acids is 1. The van der Waals surface area contributed by atoms with Gasteiger partial charge in [-0.05, 0) is 12.1 Å². The summed E-state index contributed by atoms with van der Waals surface area (Å²) < 4.78 is 0. The van der Waals surface area contributed by atoms with E-state index < -0.39 is 5.97 Å². The van der Waals surface area contributed by atoms with Crippen LogP contribution in [0.1, 0.15) is 20.8 Å². The van der Waals surface area contributed by atoms with Crippen LogP contribution in [0.2, 0.25) is 0 Å². The molecule has 1 heterocycles. The van der Waals surface area contributed by atoms with Crippen LogP contribution in [0.4, 0.5) is 0 Å². The van der Waals surface area contributed by atoms with Gasteiger partial charge in [0.05, 0.1) is 0 Å². The number of nitrogens with zero attached hydrogens (tertiary/aromatic N) is 1. The van der Waals surface area contributed by atoms with Crippen LogP contribution in [0.15, 0.2) is 18.3 Å². The minimum atomic E-state index is -1.13. The number of hydrogen-bond acceptors (Lipinski definition) is 3. The molecule has 0 aromatic carbocycles. The Kier molecular flexibility index (Phi) is 3.93. The third kappa shape index (κ3) is 2.32. The first kappa shape index (κ1) is 10.6. The van der Waals surface area contributed by atoms with Crippen LogP contribution in [0.3, 0.4) is 0 Å². The average Bonchev–Trinajstić information content (AvgIpc) is 2.05. The Balaban J connectivity index is 0.00000121. The monoisotopic (exact) mass is 187 g/mol. The topological polar surface area (TPSA) is 67.3 Å². The molecule has 0 fully saturated rings. The molecule has 64 valence electrons. The number of hydrogen-bond donors (Lipinski definition) is 1. The highest BCUT2D eigenvalue weighted by Crippen LogP contribution is 1.97. The van der Waals surface area contributed by atoms with Gasteiger partial charge in [-0.1, -0.05) is 0 Å². The van der Waals surface area contributed by atoms with Gasteiger partial charge in [-0.25, -0.2) is 9.78 Å². The number of halogens is 1. The van der Waals surface area contributed by atoms with E-state index in [-0.39, 0.29) is 18.1 Å². The van der Waals surface area contributed by atoms with E-state index in [1.54, 1.807) is 0 Å². The molecule has 0 spiro atoms. The molecule has 0 saturated heterocycles. The van der Waals surface area contributed by atoms with Crippen LogP contribution in [-0.4, -0.2) is 22.3 Å². The zero-order valence-electron chi connectivity index (χ0n) is 5.93.